The zero-order chi connectivity index (χ0) is 19.3. The maximum Gasteiger partial charge on any atom is 0.263 e. The summed E-state index contributed by atoms with van der Waals surface area (Å²) in [6, 6.07) is 11.5. The highest BCUT2D eigenvalue weighted by atomic mass is 16.5. The van der Waals surface area contributed by atoms with Crippen molar-refractivity contribution in [2.45, 2.75) is 33.4 Å². The summed E-state index contributed by atoms with van der Waals surface area (Å²) in [7, 11) is 4.96. The van der Waals surface area contributed by atoms with Crippen LogP contribution in [0.4, 0.5) is 0 Å². The van der Waals surface area contributed by atoms with E-state index in [0.717, 1.165) is 22.4 Å². The van der Waals surface area contributed by atoms with E-state index in [-0.39, 0.29) is 5.91 Å². The van der Waals surface area contributed by atoms with Crippen molar-refractivity contribution in [3.63, 3.8) is 0 Å². The number of carbonyl (C=O) groups is 1. The average molecular weight is 357 g/mol. The van der Waals surface area contributed by atoms with E-state index in [0.29, 0.717) is 18.0 Å². The Kier molecular flexibility index (Phi) is 6.50. The van der Waals surface area contributed by atoms with E-state index in [4.69, 9.17) is 14.2 Å². The van der Waals surface area contributed by atoms with Crippen LogP contribution in [0.5, 0.6) is 17.2 Å². The molecule has 0 aliphatic heterocycles. The van der Waals surface area contributed by atoms with Gasteiger partial charge in [0.2, 0.25) is 0 Å². The molecule has 0 saturated carbocycles. The number of carbonyl (C=O) groups excluding carboxylic acids is 1. The third-order valence-electron chi connectivity index (χ3n) is 4.45. The summed E-state index contributed by atoms with van der Waals surface area (Å²) in [5, 5.41) is 0. The maximum atomic E-state index is 12.7. The Morgan fingerprint density at radius 1 is 1.04 bits per heavy atom. The van der Waals surface area contributed by atoms with Crippen molar-refractivity contribution in [3.8, 4) is 17.2 Å². The Balaban J connectivity index is 2.05. The monoisotopic (exact) mass is 357 g/mol. The van der Waals surface area contributed by atoms with E-state index >= 15 is 0 Å². The highest BCUT2D eigenvalue weighted by Crippen LogP contribution is 2.28. The van der Waals surface area contributed by atoms with E-state index < -0.39 is 6.10 Å². The fourth-order valence-corrected chi connectivity index (χ4v) is 2.73. The molecule has 0 spiro atoms. The molecule has 0 aliphatic rings. The van der Waals surface area contributed by atoms with Gasteiger partial charge in [0, 0.05) is 13.6 Å². The van der Waals surface area contributed by atoms with Crippen molar-refractivity contribution < 1.29 is 19.0 Å². The first-order valence-corrected chi connectivity index (χ1v) is 8.56. The first-order chi connectivity index (χ1) is 12.4. The van der Waals surface area contributed by atoms with E-state index in [1.54, 1.807) is 33.1 Å². The van der Waals surface area contributed by atoms with Crippen LogP contribution in [-0.4, -0.2) is 38.2 Å². The normalized spacial score (nSPS) is 11.6. The lowest BCUT2D eigenvalue weighted by Crippen LogP contribution is -2.37. The zero-order valence-electron chi connectivity index (χ0n) is 16.3. The van der Waals surface area contributed by atoms with Gasteiger partial charge in [0.05, 0.1) is 14.2 Å². The van der Waals surface area contributed by atoms with E-state index in [9.17, 15) is 4.79 Å². The minimum Gasteiger partial charge on any atom is -0.493 e. The third-order valence-corrected chi connectivity index (χ3v) is 4.45. The number of aryl methyl sites for hydroxylation is 1. The van der Waals surface area contributed by atoms with Crippen LogP contribution >= 0.6 is 0 Å². The highest BCUT2D eigenvalue weighted by Gasteiger charge is 2.20. The molecule has 26 heavy (non-hydrogen) atoms. The average Bonchev–Trinajstić information content (AvgIpc) is 2.64. The number of hydrogen-bond acceptors (Lipinski definition) is 4. The second kappa shape index (κ2) is 8.61. The van der Waals surface area contributed by atoms with Crippen LogP contribution < -0.4 is 14.2 Å². The first-order valence-electron chi connectivity index (χ1n) is 8.56. The molecule has 2 aromatic rings. The first kappa shape index (κ1) is 19.6. The van der Waals surface area contributed by atoms with E-state index in [1.165, 1.54) is 0 Å². The van der Waals surface area contributed by atoms with Crippen LogP contribution in [0, 0.1) is 13.8 Å². The van der Waals surface area contributed by atoms with Gasteiger partial charge in [0.1, 0.15) is 5.75 Å². The van der Waals surface area contributed by atoms with Gasteiger partial charge in [-0.15, -0.1) is 0 Å². The molecule has 0 aromatic heterocycles. The lowest BCUT2D eigenvalue weighted by Gasteiger charge is -2.23. The summed E-state index contributed by atoms with van der Waals surface area (Å²) >= 11 is 0. The predicted molar refractivity (Wildman–Crippen MR) is 102 cm³/mol. The minimum absolute atomic E-state index is 0.0827. The Morgan fingerprint density at radius 2 is 1.73 bits per heavy atom. The summed E-state index contributed by atoms with van der Waals surface area (Å²) in [6.07, 6.45) is -0.569. The molecule has 2 aromatic carbocycles. The Hall–Kier alpha value is -2.69. The largest absolute Gasteiger partial charge is 0.493 e. The van der Waals surface area contributed by atoms with Crippen molar-refractivity contribution in [3.05, 3.63) is 53.1 Å². The molecule has 5 nitrogen and oxygen atoms in total. The molecule has 0 bridgehead atoms. The standard InChI is InChI=1S/C21H27NO4/c1-14-8-7-9-18(15(14)2)26-16(3)21(23)22(4)13-17-10-11-19(24-5)20(12-17)25-6/h7-12,16H,13H2,1-6H3. The van der Waals surface area contributed by atoms with Crippen LogP contribution in [0.25, 0.3) is 0 Å². The second-order valence-corrected chi connectivity index (χ2v) is 6.34. The minimum atomic E-state index is -0.569. The Bertz CT molecular complexity index is 773. The van der Waals surface area contributed by atoms with Gasteiger partial charge >= 0.3 is 0 Å². The number of hydrogen-bond donors (Lipinski definition) is 0. The van der Waals surface area contributed by atoms with Crippen molar-refractivity contribution in [1.82, 2.24) is 4.90 Å². The Morgan fingerprint density at radius 3 is 2.38 bits per heavy atom. The van der Waals surface area contributed by atoms with Gasteiger partial charge in [0.15, 0.2) is 17.6 Å². The molecule has 1 amide bonds. The summed E-state index contributed by atoms with van der Waals surface area (Å²) in [6.45, 7) is 6.25. The number of benzene rings is 2. The van der Waals surface area contributed by atoms with Crippen molar-refractivity contribution in [1.29, 1.82) is 0 Å². The number of likely N-dealkylation sites (N-methyl/N-ethyl adjacent to an activating group) is 1. The van der Waals surface area contributed by atoms with Crippen molar-refractivity contribution in [2.75, 3.05) is 21.3 Å². The molecule has 0 saturated heterocycles. The molecule has 1 atom stereocenters. The van der Waals surface area contributed by atoms with Crippen molar-refractivity contribution in [2.24, 2.45) is 0 Å². The number of rotatable bonds is 7. The lowest BCUT2D eigenvalue weighted by molar-refractivity contribution is -0.137. The van der Waals surface area contributed by atoms with Gasteiger partial charge in [0.25, 0.3) is 5.91 Å². The quantitative estimate of drug-likeness (QED) is 0.757. The third kappa shape index (κ3) is 4.48. The van der Waals surface area contributed by atoms with Gasteiger partial charge < -0.3 is 19.1 Å². The fourth-order valence-electron chi connectivity index (χ4n) is 2.73. The van der Waals surface area contributed by atoms with Gasteiger partial charge in [-0.3, -0.25) is 4.79 Å². The molecular weight excluding hydrogens is 330 g/mol. The summed E-state index contributed by atoms with van der Waals surface area (Å²) in [5.41, 5.74) is 3.15. The summed E-state index contributed by atoms with van der Waals surface area (Å²) < 4.78 is 16.5. The number of ether oxygens (including phenoxy) is 3. The van der Waals surface area contributed by atoms with Crippen molar-refractivity contribution >= 4 is 5.91 Å². The maximum absolute atomic E-state index is 12.7. The van der Waals surface area contributed by atoms with Gasteiger partial charge in [-0.2, -0.15) is 0 Å². The summed E-state index contributed by atoms with van der Waals surface area (Å²) in [5.74, 6) is 1.97. The lowest BCUT2D eigenvalue weighted by atomic mass is 10.1. The van der Waals surface area contributed by atoms with Crippen LogP contribution in [0.3, 0.4) is 0 Å². The molecule has 2 rings (SSSR count). The molecular formula is C21H27NO4. The topological polar surface area (TPSA) is 48.0 Å². The van der Waals surface area contributed by atoms with Crippen LogP contribution in [0.2, 0.25) is 0 Å². The van der Waals surface area contributed by atoms with Crippen LogP contribution in [0.1, 0.15) is 23.6 Å². The molecule has 140 valence electrons. The number of nitrogens with zero attached hydrogens (tertiary/aromatic N) is 1. The molecule has 0 aliphatic carbocycles. The predicted octanol–water partition coefficient (Wildman–Crippen LogP) is 3.75. The van der Waals surface area contributed by atoms with Crippen LogP contribution in [-0.2, 0) is 11.3 Å². The SMILES string of the molecule is COc1ccc(CN(C)C(=O)C(C)Oc2cccc(C)c2C)cc1OC. The molecule has 0 radical (unpaired) electrons. The molecule has 5 heteroatoms. The number of amides is 1. The zero-order valence-corrected chi connectivity index (χ0v) is 16.3. The highest BCUT2D eigenvalue weighted by molar-refractivity contribution is 5.80. The van der Waals surface area contributed by atoms with E-state index in [1.807, 2.05) is 50.2 Å². The van der Waals surface area contributed by atoms with E-state index in [2.05, 4.69) is 0 Å². The summed E-state index contributed by atoms with van der Waals surface area (Å²) in [4.78, 5) is 14.3. The van der Waals surface area contributed by atoms with Gasteiger partial charge in [-0.25, -0.2) is 0 Å². The fraction of sp³-hybridized carbons (Fsp3) is 0.381. The molecule has 0 heterocycles. The Labute approximate surface area is 155 Å². The second-order valence-electron chi connectivity index (χ2n) is 6.34. The molecule has 1 unspecified atom stereocenters. The van der Waals surface area contributed by atoms with Gasteiger partial charge in [-0.1, -0.05) is 18.2 Å². The van der Waals surface area contributed by atoms with Gasteiger partial charge in [-0.05, 0) is 55.7 Å². The molecule has 0 N–H and O–H groups in total. The smallest absolute Gasteiger partial charge is 0.263 e. The van der Waals surface area contributed by atoms with Crippen LogP contribution in [0.15, 0.2) is 36.4 Å². The molecule has 0 fully saturated rings. The number of methoxy groups -OCH3 is 2.